The molecule has 0 aromatic heterocycles. The summed E-state index contributed by atoms with van der Waals surface area (Å²) in [6, 6.07) is 19.3. The molecule has 3 rings (SSSR count). The van der Waals surface area contributed by atoms with Gasteiger partial charge in [0.15, 0.2) is 0 Å². The summed E-state index contributed by atoms with van der Waals surface area (Å²) in [4.78, 5) is 24.6. The maximum atomic E-state index is 12.4. The number of methoxy groups -OCH3 is 1. The van der Waals surface area contributed by atoms with Crippen LogP contribution >= 0.6 is 0 Å². The third-order valence-electron chi connectivity index (χ3n) is 4.29. The van der Waals surface area contributed by atoms with Gasteiger partial charge in [-0.3, -0.25) is 9.59 Å². The lowest BCUT2D eigenvalue weighted by atomic mass is 10.1. The van der Waals surface area contributed by atoms with Crippen LogP contribution in [0.1, 0.15) is 15.9 Å². The average Bonchev–Trinajstić information content (AvgIpc) is 2.76. The van der Waals surface area contributed by atoms with Crippen molar-refractivity contribution in [2.75, 3.05) is 17.7 Å². The van der Waals surface area contributed by atoms with Gasteiger partial charge in [0, 0.05) is 16.9 Å². The van der Waals surface area contributed by atoms with Crippen molar-refractivity contribution in [2.24, 2.45) is 0 Å². The highest BCUT2D eigenvalue weighted by molar-refractivity contribution is 6.04. The number of carbonyl (C=O) groups is 2. The molecule has 31 heavy (non-hydrogen) atoms. The second-order valence-electron chi connectivity index (χ2n) is 6.51. The van der Waals surface area contributed by atoms with E-state index in [9.17, 15) is 18.4 Å². The van der Waals surface area contributed by atoms with E-state index in [1.807, 2.05) is 0 Å². The Hall–Kier alpha value is -3.94. The minimum atomic E-state index is -2.89. The summed E-state index contributed by atoms with van der Waals surface area (Å²) in [7, 11) is 1.56. The zero-order valence-corrected chi connectivity index (χ0v) is 16.6. The van der Waals surface area contributed by atoms with Gasteiger partial charge in [-0.05, 0) is 66.2 Å². The van der Waals surface area contributed by atoms with Gasteiger partial charge in [-0.1, -0.05) is 12.1 Å². The zero-order chi connectivity index (χ0) is 22.2. The minimum absolute atomic E-state index is 0.0302. The Bertz CT molecular complexity index is 1020. The number of nitrogens with one attached hydrogen (secondary N) is 2. The lowest BCUT2D eigenvalue weighted by Crippen LogP contribution is -2.15. The predicted molar refractivity (Wildman–Crippen MR) is 113 cm³/mol. The number of carbonyl (C=O) groups excluding carboxylic acids is 2. The fourth-order valence-corrected chi connectivity index (χ4v) is 2.76. The molecule has 0 spiro atoms. The van der Waals surface area contributed by atoms with Crippen LogP contribution in [0.5, 0.6) is 11.5 Å². The van der Waals surface area contributed by atoms with Gasteiger partial charge in [0.05, 0.1) is 13.5 Å². The number of rotatable bonds is 8. The molecule has 0 aliphatic carbocycles. The molecule has 0 aliphatic rings. The molecule has 2 amide bonds. The van der Waals surface area contributed by atoms with Gasteiger partial charge < -0.3 is 20.1 Å². The number of benzene rings is 3. The monoisotopic (exact) mass is 426 g/mol. The van der Waals surface area contributed by atoms with Gasteiger partial charge in [0.2, 0.25) is 5.91 Å². The van der Waals surface area contributed by atoms with Gasteiger partial charge >= 0.3 is 6.61 Å². The lowest BCUT2D eigenvalue weighted by Gasteiger charge is -2.09. The molecular formula is C23H20F2N2O4. The highest BCUT2D eigenvalue weighted by atomic mass is 19.3. The van der Waals surface area contributed by atoms with Crippen LogP contribution in [0.2, 0.25) is 0 Å². The number of halogens is 2. The van der Waals surface area contributed by atoms with E-state index in [1.165, 1.54) is 12.1 Å². The van der Waals surface area contributed by atoms with E-state index in [0.717, 1.165) is 0 Å². The van der Waals surface area contributed by atoms with Crippen molar-refractivity contribution in [2.45, 2.75) is 13.0 Å². The fraction of sp³-hybridized carbons (Fsp3) is 0.130. The van der Waals surface area contributed by atoms with E-state index in [2.05, 4.69) is 15.4 Å². The first-order valence-electron chi connectivity index (χ1n) is 9.32. The van der Waals surface area contributed by atoms with Crippen LogP contribution in [0.4, 0.5) is 20.2 Å². The highest BCUT2D eigenvalue weighted by Crippen LogP contribution is 2.18. The van der Waals surface area contributed by atoms with Crippen LogP contribution in [0.3, 0.4) is 0 Å². The summed E-state index contributed by atoms with van der Waals surface area (Å²) in [5.74, 6) is 0.158. The normalized spacial score (nSPS) is 10.5. The molecule has 3 aromatic carbocycles. The van der Waals surface area contributed by atoms with E-state index in [0.29, 0.717) is 28.3 Å². The molecule has 0 unspecified atom stereocenters. The lowest BCUT2D eigenvalue weighted by molar-refractivity contribution is -0.115. The standard InChI is InChI=1S/C23H20F2N2O4/c1-30-19-12-8-18(9-13-19)27-22(29)16-4-6-17(7-5-16)26-21(28)14-15-2-10-20(11-3-15)31-23(24)25/h2-13,23H,14H2,1H3,(H,26,28)(H,27,29). The molecule has 0 atom stereocenters. The molecular weight excluding hydrogens is 406 g/mol. The van der Waals surface area contributed by atoms with E-state index >= 15 is 0 Å². The third kappa shape index (κ3) is 6.53. The van der Waals surface area contributed by atoms with E-state index < -0.39 is 6.61 Å². The molecule has 0 fully saturated rings. The first-order valence-corrected chi connectivity index (χ1v) is 9.32. The van der Waals surface area contributed by atoms with Crippen LogP contribution < -0.4 is 20.1 Å². The van der Waals surface area contributed by atoms with Crippen molar-refractivity contribution in [3.8, 4) is 11.5 Å². The number of anilines is 2. The molecule has 0 saturated carbocycles. The molecule has 8 heteroatoms. The van der Waals surface area contributed by atoms with Crippen molar-refractivity contribution < 1.29 is 27.8 Å². The van der Waals surface area contributed by atoms with Crippen molar-refractivity contribution in [1.29, 1.82) is 0 Å². The SMILES string of the molecule is COc1ccc(NC(=O)c2ccc(NC(=O)Cc3ccc(OC(F)F)cc3)cc2)cc1. The number of ether oxygens (including phenoxy) is 2. The van der Waals surface area contributed by atoms with Crippen LogP contribution in [0.15, 0.2) is 72.8 Å². The van der Waals surface area contributed by atoms with Gasteiger partial charge in [0.25, 0.3) is 5.91 Å². The maximum Gasteiger partial charge on any atom is 0.387 e. The molecule has 2 N–H and O–H groups in total. The quantitative estimate of drug-likeness (QED) is 0.546. The summed E-state index contributed by atoms with van der Waals surface area (Å²) < 4.78 is 33.7. The Morgan fingerprint density at radius 1 is 0.806 bits per heavy atom. The maximum absolute atomic E-state index is 12.4. The van der Waals surface area contributed by atoms with Gasteiger partial charge in [-0.15, -0.1) is 0 Å². The number of hydrogen-bond acceptors (Lipinski definition) is 4. The topological polar surface area (TPSA) is 76.7 Å². The molecule has 0 aliphatic heterocycles. The fourth-order valence-electron chi connectivity index (χ4n) is 2.76. The summed E-state index contributed by atoms with van der Waals surface area (Å²) in [5, 5.41) is 5.51. The van der Waals surface area contributed by atoms with Crippen LogP contribution in [-0.4, -0.2) is 25.5 Å². The first-order chi connectivity index (χ1) is 14.9. The van der Waals surface area contributed by atoms with E-state index in [1.54, 1.807) is 67.8 Å². The van der Waals surface area contributed by atoms with Gasteiger partial charge in [-0.2, -0.15) is 8.78 Å². The van der Waals surface area contributed by atoms with Crippen molar-refractivity contribution in [3.63, 3.8) is 0 Å². The number of amides is 2. The second kappa shape index (κ2) is 10.2. The zero-order valence-electron chi connectivity index (χ0n) is 16.6. The van der Waals surface area contributed by atoms with Crippen molar-refractivity contribution in [1.82, 2.24) is 0 Å². The minimum Gasteiger partial charge on any atom is -0.497 e. The van der Waals surface area contributed by atoms with Crippen LogP contribution in [0, 0.1) is 0 Å². The van der Waals surface area contributed by atoms with Crippen LogP contribution in [-0.2, 0) is 11.2 Å². The summed E-state index contributed by atoms with van der Waals surface area (Å²) in [6.45, 7) is -2.89. The molecule has 160 valence electrons. The van der Waals surface area contributed by atoms with Crippen LogP contribution in [0.25, 0.3) is 0 Å². The Morgan fingerprint density at radius 3 is 1.94 bits per heavy atom. The van der Waals surface area contributed by atoms with E-state index in [4.69, 9.17) is 4.74 Å². The number of hydrogen-bond donors (Lipinski definition) is 2. The van der Waals surface area contributed by atoms with Crippen molar-refractivity contribution in [3.05, 3.63) is 83.9 Å². The molecule has 0 radical (unpaired) electrons. The third-order valence-corrected chi connectivity index (χ3v) is 4.29. The summed E-state index contributed by atoms with van der Waals surface area (Å²) in [5.41, 5.74) is 2.25. The average molecular weight is 426 g/mol. The van der Waals surface area contributed by atoms with Gasteiger partial charge in [0.1, 0.15) is 11.5 Å². The first kappa shape index (κ1) is 21.8. The molecule has 0 saturated heterocycles. The molecule has 6 nitrogen and oxygen atoms in total. The predicted octanol–water partition coefficient (Wildman–Crippen LogP) is 4.73. The molecule has 3 aromatic rings. The Kier molecular flexibility index (Phi) is 7.16. The van der Waals surface area contributed by atoms with E-state index in [-0.39, 0.29) is 24.0 Å². The number of alkyl halides is 2. The Labute approximate surface area is 177 Å². The summed E-state index contributed by atoms with van der Waals surface area (Å²) >= 11 is 0. The Morgan fingerprint density at radius 2 is 1.35 bits per heavy atom. The molecule has 0 heterocycles. The Balaban J connectivity index is 1.53. The van der Waals surface area contributed by atoms with Crippen molar-refractivity contribution >= 4 is 23.2 Å². The molecule has 0 bridgehead atoms. The highest BCUT2D eigenvalue weighted by Gasteiger charge is 2.09. The largest absolute Gasteiger partial charge is 0.497 e. The smallest absolute Gasteiger partial charge is 0.387 e. The summed E-state index contributed by atoms with van der Waals surface area (Å²) in [6.07, 6.45) is 0.0642. The van der Waals surface area contributed by atoms with Gasteiger partial charge in [-0.25, -0.2) is 0 Å². The second-order valence-corrected chi connectivity index (χ2v) is 6.51.